The Bertz CT molecular complexity index is 959. The van der Waals surface area contributed by atoms with Crippen LogP contribution >= 0.6 is 0 Å². The number of Topliss-reactive ketones (excluding diaryl/α,β-unsaturated/α-hetero) is 1. The van der Waals surface area contributed by atoms with Crippen molar-refractivity contribution in [2.75, 3.05) is 0 Å². The number of aryl methyl sites for hydroxylation is 1. The maximum Gasteiger partial charge on any atom is 0.358 e. The highest BCUT2D eigenvalue weighted by molar-refractivity contribution is 6.14. The van der Waals surface area contributed by atoms with E-state index in [2.05, 4.69) is 0 Å². The van der Waals surface area contributed by atoms with Crippen LogP contribution in [0.15, 0.2) is 27.6 Å². The second-order valence-corrected chi connectivity index (χ2v) is 5.84. The molecule has 2 aromatic rings. The lowest BCUT2D eigenvalue weighted by Gasteiger charge is -2.33. The van der Waals surface area contributed by atoms with E-state index in [1.807, 2.05) is 6.92 Å². The summed E-state index contributed by atoms with van der Waals surface area (Å²) < 4.78 is 10.9. The molecular weight excluding hydrogens is 330 g/mol. The summed E-state index contributed by atoms with van der Waals surface area (Å²) in [7, 11) is 0. The zero-order valence-corrected chi connectivity index (χ0v) is 13.3. The fraction of sp³-hybridized carbons (Fsp3) is 0.294. The van der Waals surface area contributed by atoms with Gasteiger partial charge in [-0.2, -0.15) is 0 Å². The van der Waals surface area contributed by atoms with Gasteiger partial charge in [-0.15, -0.1) is 0 Å². The van der Waals surface area contributed by atoms with Gasteiger partial charge in [0.15, 0.2) is 11.2 Å². The molecule has 1 amide bonds. The second kappa shape index (κ2) is 5.73. The number of ketones is 1. The third kappa shape index (κ3) is 2.37. The van der Waals surface area contributed by atoms with Crippen LogP contribution in [-0.4, -0.2) is 28.4 Å². The first-order valence-electron chi connectivity index (χ1n) is 7.64. The molecule has 0 radical (unpaired) electrons. The number of ether oxygens (including phenoxy) is 1. The van der Waals surface area contributed by atoms with E-state index in [1.165, 1.54) is 18.4 Å². The normalized spacial score (nSPS) is 19.3. The number of carbonyl (C=O) groups is 3. The van der Waals surface area contributed by atoms with Crippen molar-refractivity contribution in [1.29, 1.82) is 0 Å². The number of benzene rings is 1. The van der Waals surface area contributed by atoms with Gasteiger partial charge in [-0.1, -0.05) is 13.3 Å². The number of primary amides is 1. The molecule has 25 heavy (non-hydrogen) atoms. The van der Waals surface area contributed by atoms with Crippen molar-refractivity contribution < 1.29 is 28.6 Å². The van der Waals surface area contributed by atoms with Gasteiger partial charge in [-0.05, 0) is 12.5 Å². The van der Waals surface area contributed by atoms with E-state index in [9.17, 15) is 24.3 Å². The molecule has 2 heterocycles. The van der Waals surface area contributed by atoms with Gasteiger partial charge in [0.2, 0.25) is 0 Å². The van der Waals surface area contributed by atoms with Gasteiger partial charge in [-0.25, -0.2) is 4.79 Å². The molecule has 3 N–H and O–H groups in total. The van der Waals surface area contributed by atoms with Gasteiger partial charge in [-0.3, -0.25) is 14.4 Å². The van der Waals surface area contributed by atoms with Crippen molar-refractivity contribution in [2.45, 2.75) is 31.8 Å². The average Bonchev–Trinajstić information content (AvgIpc) is 2.55. The van der Waals surface area contributed by atoms with E-state index in [1.54, 1.807) is 0 Å². The fourth-order valence-electron chi connectivity index (χ4n) is 2.97. The van der Waals surface area contributed by atoms with Crippen molar-refractivity contribution in [1.82, 2.24) is 0 Å². The number of hydrogen-bond donors (Lipinski definition) is 2. The highest BCUT2D eigenvalue weighted by Gasteiger charge is 2.53. The first kappa shape index (κ1) is 16.7. The standard InChI is InChI=1S/C17H15NO7/c1-2-3-8-13-9(11(19)4-5-24-13)6-10-12(20)7-17(15(18)21,16(22)23)25-14(8)10/h4-6H,2-3,7H2,1H3,(H2,18,21)(H,22,23). The molecule has 1 aromatic heterocycles. The first-order chi connectivity index (χ1) is 11.8. The number of aliphatic carboxylic acids is 1. The summed E-state index contributed by atoms with van der Waals surface area (Å²) in [6.45, 7) is 1.86. The Morgan fingerprint density at radius 1 is 1.36 bits per heavy atom. The predicted octanol–water partition coefficient (Wildman–Crippen LogP) is 1.02. The number of carboxylic acids is 1. The van der Waals surface area contributed by atoms with E-state index in [4.69, 9.17) is 14.9 Å². The van der Waals surface area contributed by atoms with E-state index in [-0.39, 0.29) is 27.7 Å². The topological polar surface area (TPSA) is 137 Å². The second-order valence-electron chi connectivity index (χ2n) is 5.84. The molecule has 1 aromatic carbocycles. The number of rotatable bonds is 4. The molecule has 0 bridgehead atoms. The Hall–Kier alpha value is -3.16. The molecule has 1 aliphatic rings. The van der Waals surface area contributed by atoms with Crippen LogP contribution in [0.2, 0.25) is 0 Å². The maximum absolute atomic E-state index is 12.5. The Balaban J connectivity index is 2.37. The number of carboxylic acid groups (broad SMARTS) is 1. The van der Waals surface area contributed by atoms with Gasteiger partial charge in [0.05, 0.1) is 23.6 Å². The van der Waals surface area contributed by atoms with E-state index in [0.717, 1.165) is 0 Å². The molecule has 0 spiro atoms. The molecule has 8 heteroatoms. The van der Waals surface area contributed by atoms with Crippen molar-refractivity contribution in [2.24, 2.45) is 5.73 Å². The zero-order chi connectivity index (χ0) is 18.4. The molecule has 0 saturated carbocycles. The zero-order valence-electron chi connectivity index (χ0n) is 13.3. The Labute approximate surface area is 141 Å². The van der Waals surface area contributed by atoms with Crippen LogP contribution in [0.5, 0.6) is 5.75 Å². The third-order valence-electron chi connectivity index (χ3n) is 4.23. The predicted molar refractivity (Wildman–Crippen MR) is 85.6 cm³/mol. The first-order valence-corrected chi connectivity index (χ1v) is 7.64. The minimum atomic E-state index is -2.48. The fourth-order valence-corrected chi connectivity index (χ4v) is 2.97. The lowest BCUT2D eigenvalue weighted by molar-refractivity contribution is -0.162. The summed E-state index contributed by atoms with van der Waals surface area (Å²) in [5.74, 6) is -3.61. The van der Waals surface area contributed by atoms with Crippen LogP contribution in [0.4, 0.5) is 0 Å². The summed E-state index contributed by atoms with van der Waals surface area (Å²) >= 11 is 0. The molecule has 0 saturated heterocycles. The number of amides is 1. The van der Waals surface area contributed by atoms with Crippen LogP contribution in [0.1, 0.15) is 35.7 Å². The minimum absolute atomic E-state index is 0.0487. The molecule has 0 fully saturated rings. The number of hydrogen-bond acceptors (Lipinski definition) is 6. The van der Waals surface area contributed by atoms with Gasteiger partial charge in [0.25, 0.3) is 11.5 Å². The van der Waals surface area contributed by atoms with Crippen LogP contribution < -0.4 is 15.9 Å². The summed E-state index contributed by atoms with van der Waals surface area (Å²) in [6, 6.07) is 2.54. The number of fused-ring (bicyclic) bond motifs is 2. The summed E-state index contributed by atoms with van der Waals surface area (Å²) in [5.41, 5.74) is 3.02. The molecule has 3 rings (SSSR count). The summed E-state index contributed by atoms with van der Waals surface area (Å²) in [5, 5.41) is 9.63. The number of nitrogens with two attached hydrogens (primary N) is 1. The van der Waals surface area contributed by atoms with Crippen LogP contribution in [0, 0.1) is 0 Å². The Kier molecular flexibility index (Phi) is 3.82. The summed E-state index contributed by atoms with van der Waals surface area (Å²) in [6.07, 6.45) is 1.44. The van der Waals surface area contributed by atoms with Crippen LogP contribution in [0.25, 0.3) is 11.0 Å². The van der Waals surface area contributed by atoms with E-state index >= 15 is 0 Å². The molecule has 1 unspecified atom stereocenters. The monoisotopic (exact) mass is 345 g/mol. The lowest BCUT2D eigenvalue weighted by Crippen LogP contribution is -2.58. The highest BCUT2D eigenvalue weighted by Crippen LogP contribution is 2.40. The quantitative estimate of drug-likeness (QED) is 0.789. The van der Waals surface area contributed by atoms with Crippen LogP contribution in [0.3, 0.4) is 0 Å². The average molecular weight is 345 g/mol. The molecular formula is C17H15NO7. The van der Waals surface area contributed by atoms with Crippen molar-refractivity contribution in [3.63, 3.8) is 0 Å². The van der Waals surface area contributed by atoms with E-state index in [0.29, 0.717) is 18.4 Å². The van der Waals surface area contributed by atoms with Gasteiger partial charge < -0.3 is 20.0 Å². The molecule has 1 aliphatic heterocycles. The van der Waals surface area contributed by atoms with Crippen molar-refractivity contribution in [3.05, 3.63) is 39.7 Å². The summed E-state index contributed by atoms with van der Waals surface area (Å²) in [4.78, 5) is 48.0. The maximum atomic E-state index is 12.5. The largest absolute Gasteiger partial charge is 0.478 e. The van der Waals surface area contributed by atoms with Gasteiger partial charge in [0, 0.05) is 11.6 Å². The molecule has 1 atom stereocenters. The van der Waals surface area contributed by atoms with Gasteiger partial charge >= 0.3 is 5.97 Å². The van der Waals surface area contributed by atoms with Crippen LogP contribution in [-0.2, 0) is 16.0 Å². The van der Waals surface area contributed by atoms with Crippen molar-refractivity contribution >= 4 is 28.6 Å². The Morgan fingerprint density at radius 2 is 2.08 bits per heavy atom. The minimum Gasteiger partial charge on any atom is -0.478 e. The molecule has 130 valence electrons. The van der Waals surface area contributed by atoms with Crippen molar-refractivity contribution in [3.8, 4) is 5.75 Å². The molecule has 0 aliphatic carbocycles. The van der Waals surface area contributed by atoms with E-state index < -0.39 is 29.7 Å². The lowest BCUT2D eigenvalue weighted by atomic mass is 9.86. The van der Waals surface area contributed by atoms with Gasteiger partial charge in [0.1, 0.15) is 11.3 Å². The molecule has 8 nitrogen and oxygen atoms in total. The smallest absolute Gasteiger partial charge is 0.358 e. The highest BCUT2D eigenvalue weighted by atomic mass is 16.5. The Morgan fingerprint density at radius 3 is 2.68 bits per heavy atom. The number of carbonyl (C=O) groups excluding carboxylic acids is 2. The third-order valence-corrected chi connectivity index (χ3v) is 4.23. The SMILES string of the molecule is CCCc1c2c(cc3c(=O)ccoc13)C(=O)CC(C(N)=O)(C(=O)O)O2.